The van der Waals surface area contributed by atoms with Crippen molar-refractivity contribution in [3.63, 3.8) is 0 Å². The lowest BCUT2D eigenvalue weighted by atomic mass is 10.0. The predicted octanol–water partition coefficient (Wildman–Crippen LogP) is 3.30. The summed E-state index contributed by atoms with van der Waals surface area (Å²) in [6.45, 7) is 10.3. The molecule has 0 unspecified atom stereocenters. The molecule has 1 fully saturated rings. The molecule has 1 aliphatic rings. The van der Waals surface area contributed by atoms with Gasteiger partial charge >= 0.3 is 5.97 Å². The van der Waals surface area contributed by atoms with Gasteiger partial charge in [-0.25, -0.2) is 4.79 Å². The first-order valence-electron chi connectivity index (χ1n) is 8.49. The first-order chi connectivity index (χ1) is 11.6. The maximum Gasteiger partial charge on any atom is 0.345 e. The molecule has 1 saturated heterocycles. The number of benzene rings is 1. The molecule has 1 N–H and O–H groups in total. The van der Waals surface area contributed by atoms with Crippen LogP contribution in [0.3, 0.4) is 0 Å². The molecule has 0 radical (unpaired) electrons. The van der Waals surface area contributed by atoms with E-state index in [4.69, 9.17) is 9.47 Å². The molecule has 1 heterocycles. The monoisotopic (exact) mass is 350 g/mol. The van der Waals surface area contributed by atoms with Crippen molar-refractivity contribution in [2.45, 2.75) is 59.2 Å². The van der Waals surface area contributed by atoms with Crippen molar-refractivity contribution in [1.29, 1.82) is 0 Å². The van der Waals surface area contributed by atoms with Crippen LogP contribution in [0.2, 0.25) is 0 Å². The van der Waals surface area contributed by atoms with Crippen LogP contribution in [0.25, 0.3) is 0 Å². The number of nitro benzene ring substituents is 1. The Hall–Kier alpha value is -2.15. The zero-order valence-corrected chi connectivity index (χ0v) is 15.5. The van der Waals surface area contributed by atoms with Gasteiger partial charge in [-0.15, -0.1) is 0 Å². The van der Waals surface area contributed by atoms with Gasteiger partial charge < -0.3 is 14.8 Å². The Kier molecular flexibility index (Phi) is 5.67. The van der Waals surface area contributed by atoms with Crippen molar-refractivity contribution in [2.75, 3.05) is 13.1 Å². The number of nitro groups is 1. The van der Waals surface area contributed by atoms with E-state index in [1.807, 2.05) is 0 Å². The summed E-state index contributed by atoms with van der Waals surface area (Å²) in [7, 11) is 0. The van der Waals surface area contributed by atoms with Gasteiger partial charge in [0.15, 0.2) is 0 Å². The highest BCUT2D eigenvalue weighted by atomic mass is 16.6. The Labute approximate surface area is 147 Å². The second-order valence-corrected chi connectivity index (χ2v) is 7.37. The number of carbonyl (C=O) groups is 1. The molecular formula is C18H26N2O5. The fourth-order valence-corrected chi connectivity index (χ4v) is 2.94. The summed E-state index contributed by atoms with van der Waals surface area (Å²) in [4.78, 5) is 23.5. The number of nitrogens with one attached hydrogen (secondary N) is 1. The van der Waals surface area contributed by atoms with Gasteiger partial charge in [-0.2, -0.15) is 0 Å². The molecule has 1 aromatic rings. The number of nitrogens with zero attached hydrogens (tertiary/aromatic N) is 1. The first-order valence-corrected chi connectivity index (χ1v) is 8.49. The van der Waals surface area contributed by atoms with Crippen LogP contribution < -0.4 is 10.1 Å². The van der Waals surface area contributed by atoms with Crippen LogP contribution in [0.1, 0.15) is 55.1 Å². The van der Waals surface area contributed by atoms with Gasteiger partial charge in [0.25, 0.3) is 5.69 Å². The molecule has 0 aromatic heterocycles. The van der Waals surface area contributed by atoms with Crippen molar-refractivity contribution < 1.29 is 19.2 Å². The summed E-state index contributed by atoms with van der Waals surface area (Å²) in [5.74, 6) is -0.204. The third-order valence-electron chi connectivity index (χ3n) is 4.04. The number of piperidine rings is 1. The summed E-state index contributed by atoms with van der Waals surface area (Å²) in [5, 5.41) is 14.9. The van der Waals surface area contributed by atoms with Crippen LogP contribution in [-0.2, 0) is 4.74 Å². The quantitative estimate of drug-likeness (QED) is 0.509. The normalized spacial score (nSPS) is 15.7. The van der Waals surface area contributed by atoms with Gasteiger partial charge in [-0.1, -0.05) is 0 Å². The highest BCUT2D eigenvalue weighted by Gasteiger charge is 2.31. The standard InChI is InChI=1S/C18H26N2O5/c1-11-10-14(17(21)25-18(3,4)5)15(20(22)23)12(2)16(11)24-13-6-8-19-9-7-13/h10,13,19H,6-9H2,1-5H3. The minimum atomic E-state index is -0.725. The van der Waals surface area contributed by atoms with Gasteiger partial charge in [0.1, 0.15) is 23.0 Å². The lowest BCUT2D eigenvalue weighted by Crippen LogP contribution is -2.34. The summed E-state index contributed by atoms with van der Waals surface area (Å²) in [6, 6.07) is 1.50. The summed E-state index contributed by atoms with van der Waals surface area (Å²) in [5.41, 5.74) is 0.0556. The number of hydrogen-bond acceptors (Lipinski definition) is 6. The number of esters is 1. The number of carbonyl (C=O) groups excluding carboxylic acids is 1. The Morgan fingerprint density at radius 1 is 1.28 bits per heavy atom. The fraction of sp³-hybridized carbons (Fsp3) is 0.611. The predicted molar refractivity (Wildman–Crippen MR) is 94.3 cm³/mol. The van der Waals surface area contributed by atoms with E-state index in [0.717, 1.165) is 25.9 Å². The zero-order valence-electron chi connectivity index (χ0n) is 15.5. The van der Waals surface area contributed by atoms with Gasteiger partial charge in [0.05, 0.1) is 10.5 Å². The van der Waals surface area contributed by atoms with Crippen LogP contribution in [0, 0.1) is 24.0 Å². The fourth-order valence-electron chi connectivity index (χ4n) is 2.94. The Morgan fingerprint density at radius 2 is 1.88 bits per heavy atom. The van der Waals surface area contributed by atoms with E-state index in [-0.39, 0.29) is 17.4 Å². The van der Waals surface area contributed by atoms with Crippen molar-refractivity contribution in [1.82, 2.24) is 5.32 Å². The maximum atomic E-state index is 12.4. The summed E-state index contributed by atoms with van der Waals surface area (Å²) < 4.78 is 11.4. The average molecular weight is 350 g/mol. The number of ether oxygens (including phenoxy) is 2. The number of rotatable bonds is 4. The van der Waals surface area contributed by atoms with E-state index in [0.29, 0.717) is 16.9 Å². The van der Waals surface area contributed by atoms with Gasteiger partial charge in [0, 0.05) is 0 Å². The Balaban J connectivity index is 2.42. The molecule has 0 saturated carbocycles. The minimum absolute atomic E-state index is 0.0191. The van der Waals surface area contributed by atoms with E-state index in [9.17, 15) is 14.9 Å². The number of hydrogen-bond donors (Lipinski definition) is 1. The van der Waals surface area contributed by atoms with E-state index in [2.05, 4.69) is 5.32 Å². The molecule has 0 aliphatic carbocycles. The molecule has 0 bridgehead atoms. The zero-order chi connectivity index (χ0) is 18.8. The second-order valence-electron chi connectivity index (χ2n) is 7.37. The average Bonchev–Trinajstić information content (AvgIpc) is 2.49. The third kappa shape index (κ3) is 4.69. The third-order valence-corrected chi connectivity index (χ3v) is 4.04. The van der Waals surface area contributed by atoms with Gasteiger partial charge in [-0.05, 0) is 72.2 Å². The van der Waals surface area contributed by atoms with Crippen LogP contribution in [0.5, 0.6) is 5.75 Å². The molecule has 2 rings (SSSR count). The van der Waals surface area contributed by atoms with E-state index in [1.54, 1.807) is 34.6 Å². The molecule has 1 aliphatic heterocycles. The van der Waals surface area contributed by atoms with Crippen molar-refractivity contribution in [2.24, 2.45) is 0 Å². The van der Waals surface area contributed by atoms with Crippen LogP contribution in [0.4, 0.5) is 5.69 Å². The first kappa shape index (κ1) is 19.2. The maximum absolute atomic E-state index is 12.4. The Bertz CT molecular complexity index is 673. The molecule has 0 atom stereocenters. The topological polar surface area (TPSA) is 90.7 Å². The second kappa shape index (κ2) is 7.39. The SMILES string of the molecule is Cc1cc(C(=O)OC(C)(C)C)c([N+](=O)[O-])c(C)c1OC1CCNCC1. The van der Waals surface area contributed by atoms with E-state index >= 15 is 0 Å². The van der Waals surface area contributed by atoms with Crippen molar-refractivity contribution in [3.05, 3.63) is 32.9 Å². The molecular weight excluding hydrogens is 324 g/mol. The van der Waals surface area contributed by atoms with Crippen LogP contribution >= 0.6 is 0 Å². The lowest BCUT2D eigenvalue weighted by Gasteiger charge is -2.26. The highest BCUT2D eigenvalue weighted by molar-refractivity contribution is 5.95. The minimum Gasteiger partial charge on any atom is -0.490 e. The largest absolute Gasteiger partial charge is 0.490 e. The van der Waals surface area contributed by atoms with Crippen LogP contribution in [0.15, 0.2) is 6.07 Å². The molecule has 1 aromatic carbocycles. The summed E-state index contributed by atoms with van der Waals surface area (Å²) in [6.07, 6.45) is 1.71. The van der Waals surface area contributed by atoms with E-state index < -0.39 is 16.5 Å². The molecule has 25 heavy (non-hydrogen) atoms. The van der Waals surface area contributed by atoms with E-state index in [1.165, 1.54) is 6.07 Å². The van der Waals surface area contributed by atoms with Gasteiger partial charge in [-0.3, -0.25) is 10.1 Å². The lowest BCUT2D eigenvalue weighted by molar-refractivity contribution is -0.385. The Morgan fingerprint density at radius 3 is 2.40 bits per heavy atom. The van der Waals surface area contributed by atoms with Crippen molar-refractivity contribution >= 4 is 11.7 Å². The summed E-state index contributed by atoms with van der Waals surface area (Å²) >= 11 is 0. The smallest absolute Gasteiger partial charge is 0.345 e. The molecule has 7 heteroatoms. The molecule has 138 valence electrons. The van der Waals surface area contributed by atoms with Gasteiger partial charge in [0.2, 0.25) is 0 Å². The molecule has 7 nitrogen and oxygen atoms in total. The molecule has 0 amide bonds. The molecule has 0 spiro atoms. The van der Waals surface area contributed by atoms with Crippen molar-refractivity contribution in [3.8, 4) is 5.75 Å². The highest BCUT2D eigenvalue weighted by Crippen LogP contribution is 2.36. The number of aryl methyl sites for hydroxylation is 1. The van der Waals surface area contributed by atoms with Crippen LogP contribution in [-0.4, -0.2) is 35.7 Å².